The second kappa shape index (κ2) is 5.68. The number of alkyl carbamates (subject to hydrolysis) is 1. The Bertz CT molecular complexity index is 224. The molecule has 0 aromatic heterocycles. The van der Waals surface area contributed by atoms with E-state index in [-0.39, 0.29) is 0 Å². The van der Waals surface area contributed by atoms with E-state index in [0.717, 1.165) is 0 Å². The highest BCUT2D eigenvalue weighted by Crippen LogP contribution is 2.09. The van der Waals surface area contributed by atoms with Gasteiger partial charge in [-0.3, -0.25) is 0 Å². The van der Waals surface area contributed by atoms with Crippen molar-refractivity contribution in [2.75, 3.05) is 0 Å². The number of amides is 1. The Balaban J connectivity index is 4.08. The first-order chi connectivity index (χ1) is 6.74. The number of carbonyl (C=O) groups is 1. The molecule has 0 aromatic carbocycles. The molecule has 0 aromatic rings. The summed E-state index contributed by atoms with van der Waals surface area (Å²) in [6, 6.07) is -0.764. The van der Waals surface area contributed by atoms with Crippen molar-refractivity contribution in [3.63, 3.8) is 0 Å². The van der Waals surface area contributed by atoms with E-state index in [4.69, 9.17) is 4.74 Å². The van der Waals surface area contributed by atoms with Crippen LogP contribution >= 0.6 is 0 Å². The van der Waals surface area contributed by atoms with Gasteiger partial charge in [-0.15, -0.1) is 6.58 Å². The van der Waals surface area contributed by atoms with Crippen LogP contribution in [0.2, 0.25) is 0 Å². The number of hydrogen-bond donors (Lipinski definition) is 1. The number of rotatable bonds is 4. The van der Waals surface area contributed by atoms with E-state index < -0.39 is 30.6 Å². The molecular formula is C10H17F2NO2. The van der Waals surface area contributed by atoms with Gasteiger partial charge in [0.05, 0.1) is 6.04 Å². The maximum Gasteiger partial charge on any atom is 0.408 e. The number of ether oxygens (including phenoxy) is 1. The fourth-order valence-corrected chi connectivity index (χ4v) is 0.865. The summed E-state index contributed by atoms with van der Waals surface area (Å²) in [6.07, 6.45) is -2.39. The summed E-state index contributed by atoms with van der Waals surface area (Å²) in [4.78, 5) is 11.2. The second-order valence-corrected chi connectivity index (χ2v) is 4.12. The molecule has 88 valence electrons. The lowest BCUT2D eigenvalue weighted by Gasteiger charge is -2.22. The average molecular weight is 221 g/mol. The fourth-order valence-electron chi connectivity index (χ4n) is 0.865. The third-order valence-corrected chi connectivity index (χ3v) is 1.42. The van der Waals surface area contributed by atoms with Gasteiger partial charge in [0.25, 0.3) is 0 Å². The third kappa shape index (κ3) is 7.90. The lowest BCUT2D eigenvalue weighted by Crippen LogP contribution is -2.38. The number of carbonyl (C=O) groups excluding carboxylic acids is 1. The summed E-state index contributed by atoms with van der Waals surface area (Å²) in [6.45, 7) is 8.45. The first kappa shape index (κ1) is 13.9. The van der Waals surface area contributed by atoms with E-state index >= 15 is 0 Å². The summed E-state index contributed by atoms with van der Waals surface area (Å²) >= 11 is 0. The largest absolute Gasteiger partial charge is 0.444 e. The van der Waals surface area contributed by atoms with Crippen LogP contribution < -0.4 is 5.32 Å². The topological polar surface area (TPSA) is 38.3 Å². The van der Waals surface area contributed by atoms with Crippen molar-refractivity contribution in [3.8, 4) is 0 Å². The molecule has 0 aliphatic heterocycles. The van der Waals surface area contributed by atoms with Gasteiger partial charge in [-0.05, 0) is 20.8 Å². The Morgan fingerprint density at radius 3 is 2.40 bits per heavy atom. The minimum absolute atomic E-state index is 0.456. The summed E-state index contributed by atoms with van der Waals surface area (Å²) in [5.74, 6) is 0. The lowest BCUT2D eigenvalue weighted by molar-refractivity contribution is 0.0491. The molecule has 3 nitrogen and oxygen atoms in total. The number of hydrogen-bond acceptors (Lipinski definition) is 2. The fraction of sp³-hybridized carbons (Fsp3) is 0.700. The standard InChI is InChI=1S/C10H17F2NO2/c1-5-7(6-8(11)12)13-9(14)15-10(2,3)4/h5,7-8H,1,6H2,2-4H3,(H,13,14). The van der Waals surface area contributed by atoms with E-state index in [1.54, 1.807) is 20.8 Å². The summed E-state index contributed by atoms with van der Waals surface area (Å²) in [5, 5.41) is 2.30. The van der Waals surface area contributed by atoms with Crippen LogP contribution in [0.5, 0.6) is 0 Å². The van der Waals surface area contributed by atoms with Crippen molar-refractivity contribution in [1.29, 1.82) is 0 Å². The van der Waals surface area contributed by atoms with Gasteiger partial charge < -0.3 is 10.1 Å². The average Bonchev–Trinajstić information content (AvgIpc) is 1.98. The molecule has 0 aliphatic rings. The molecular weight excluding hydrogens is 204 g/mol. The molecule has 0 bridgehead atoms. The van der Waals surface area contributed by atoms with Crippen molar-refractivity contribution < 1.29 is 18.3 Å². The Hall–Kier alpha value is -1.13. The predicted octanol–water partition coefficient (Wildman–Crippen LogP) is 2.72. The normalized spacial score (nSPS) is 13.5. The number of nitrogens with one attached hydrogen (secondary N) is 1. The van der Waals surface area contributed by atoms with Gasteiger partial charge in [-0.25, -0.2) is 13.6 Å². The van der Waals surface area contributed by atoms with Crippen LogP contribution in [0.1, 0.15) is 27.2 Å². The SMILES string of the molecule is C=CC(CC(F)F)NC(=O)OC(C)(C)C. The van der Waals surface area contributed by atoms with Crippen LogP contribution in [0.15, 0.2) is 12.7 Å². The van der Waals surface area contributed by atoms with Crippen molar-refractivity contribution >= 4 is 6.09 Å². The highest BCUT2D eigenvalue weighted by Gasteiger charge is 2.19. The molecule has 15 heavy (non-hydrogen) atoms. The van der Waals surface area contributed by atoms with Gasteiger partial charge in [0, 0.05) is 6.42 Å². The van der Waals surface area contributed by atoms with Crippen molar-refractivity contribution in [2.24, 2.45) is 0 Å². The zero-order valence-electron chi connectivity index (χ0n) is 9.22. The maximum absolute atomic E-state index is 12.0. The maximum atomic E-state index is 12.0. The molecule has 0 spiro atoms. The molecule has 5 heteroatoms. The highest BCUT2D eigenvalue weighted by atomic mass is 19.3. The Morgan fingerprint density at radius 2 is 2.07 bits per heavy atom. The summed E-state index contributed by atoms with van der Waals surface area (Å²) in [7, 11) is 0. The van der Waals surface area contributed by atoms with E-state index in [1.807, 2.05) is 0 Å². The van der Waals surface area contributed by atoms with Crippen molar-refractivity contribution in [3.05, 3.63) is 12.7 Å². The number of halogens is 2. The molecule has 0 fully saturated rings. The summed E-state index contributed by atoms with van der Waals surface area (Å²) < 4.78 is 28.9. The van der Waals surface area contributed by atoms with Crippen molar-refractivity contribution in [1.82, 2.24) is 5.32 Å². The number of alkyl halides is 2. The minimum Gasteiger partial charge on any atom is -0.444 e. The van der Waals surface area contributed by atoms with E-state index in [2.05, 4.69) is 11.9 Å². The zero-order chi connectivity index (χ0) is 12.1. The minimum atomic E-state index is -2.48. The summed E-state index contributed by atoms with van der Waals surface area (Å²) in [5.41, 5.74) is -0.638. The predicted molar refractivity (Wildman–Crippen MR) is 54.0 cm³/mol. The smallest absolute Gasteiger partial charge is 0.408 e. The van der Waals surface area contributed by atoms with E-state index in [1.165, 1.54) is 6.08 Å². The molecule has 0 saturated heterocycles. The molecule has 0 radical (unpaired) electrons. The molecule has 1 atom stereocenters. The monoisotopic (exact) mass is 221 g/mol. The van der Waals surface area contributed by atoms with E-state index in [0.29, 0.717) is 0 Å². The van der Waals surface area contributed by atoms with E-state index in [9.17, 15) is 13.6 Å². The Labute approximate surface area is 88.5 Å². The second-order valence-electron chi connectivity index (χ2n) is 4.12. The molecule has 0 heterocycles. The van der Waals surface area contributed by atoms with Crippen LogP contribution in [-0.2, 0) is 4.74 Å². The van der Waals surface area contributed by atoms with Gasteiger partial charge in [0.15, 0.2) is 0 Å². The van der Waals surface area contributed by atoms with Crippen LogP contribution in [0, 0.1) is 0 Å². The lowest BCUT2D eigenvalue weighted by atomic mass is 10.2. The molecule has 1 amide bonds. The van der Waals surface area contributed by atoms with Gasteiger partial charge in [0.2, 0.25) is 6.43 Å². The Morgan fingerprint density at radius 1 is 1.53 bits per heavy atom. The van der Waals surface area contributed by atoms with Crippen molar-refractivity contribution in [2.45, 2.75) is 45.3 Å². The van der Waals surface area contributed by atoms with Crippen LogP contribution in [0.25, 0.3) is 0 Å². The zero-order valence-corrected chi connectivity index (χ0v) is 9.22. The third-order valence-electron chi connectivity index (χ3n) is 1.42. The quantitative estimate of drug-likeness (QED) is 0.741. The van der Waals surface area contributed by atoms with Crippen LogP contribution in [0.3, 0.4) is 0 Å². The van der Waals surface area contributed by atoms with Crippen LogP contribution in [0.4, 0.5) is 13.6 Å². The van der Waals surface area contributed by atoms with Gasteiger partial charge in [-0.1, -0.05) is 6.08 Å². The first-order valence-corrected chi connectivity index (χ1v) is 4.65. The molecule has 0 aliphatic carbocycles. The van der Waals surface area contributed by atoms with Gasteiger partial charge in [-0.2, -0.15) is 0 Å². The molecule has 1 N–H and O–H groups in total. The highest BCUT2D eigenvalue weighted by molar-refractivity contribution is 5.68. The van der Waals surface area contributed by atoms with Gasteiger partial charge in [0.1, 0.15) is 5.60 Å². The molecule has 1 unspecified atom stereocenters. The van der Waals surface area contributed by atoms with Crippen LogP contribution in [-0.4, -0.2) is 24.2 Å². The molecule has 0 rings (SSSR count). The van der Waals surface area contributed by atoms with Gasteiger partial charge >= 0.3 is 6.09 Å². The molecule has 0 saturated carbocycles. The first-order valence-electron chi connectivity index (χ1n) is 4.65. The Kier molecular flexibility index (Phi) is 5.25.